The largest absolute Gasteiger partial charge is 0.443 e. The van der Waals surface area contributed by atoms with E-state index in [-0.39, 0.29) is 11.5 Å². The van der Waals surface area contributed by atoms with Gasteiger partial charge in [0.05, 0.1) is 23.6 Å². The molecule has 0 aliphatic carbocycles. The molecule has 0 radical (unpaired) electrons. The molecule has 1 fully saturated rings. The smallest absolute Gasteiger partial charge is 0.264 e. The lowest BCUT2D eigenvalue weighted by molar-refractivity contribution is -0.0792. The van der Waals surface area contributed by atoms with E-state index >= 15 is 0 Å². The van der Waals surface area contributed by atoms with E-state index in [0.717, 1.165) is 55.3 Å². The second-order valence-electron chi connectivity index (χ2n) is 7.68. The van der Waals surface area contributed by atoms with Crippen molar-refractivity contribution in [2.24, 2.45) is 0 Å². The Kier molecular flexibility index (Phi) is 4.74. The number of nitrogens with zero attached hydrogens (tertiary/aromatic N) is 2. The van der Waals surface area contributed by atoms with Crippen LogP contribution in [-0.2, 0) is 41.1 Å². The van der Waals surface area contributed by atoms with Crippen LogP contribution in [0.5, 0.6) is 0 Å². The van der Waals surface area contributed by atoms with Gasteiger partial charge in [0.25, 0.3) is 5.91 Å². The van der Waals surface area contributed by atoms with Gasteiger partial charge in [0.2, 0.25) is 5.89 Å². The van der Waals surface area contributed by atoms with E-state index < -0.39 is 0 Å². The average Bonchev–Trinajstić information content (AvgIpc) is 3.32. The second-order valence-corrected chi connectivity index (χ2v) is 8.81. The summed E-state index contributed by atoms with van der Waals surface area (Å²) in [6.07, 6.45) is 3.54. The highest BCUT2D eigenvalue weighted by Gasteiger charge is 2.41. The number of hydrogen-bond acceptors (Lipinski definition) is 7. The van der Waals surface area contributed by atoms with E-state index in [0.29, 0.717) is 32.0 Å². The van der Waals surface area contributed by atoms with Crippen LogP contribution in [0.2, 0.25) is 0 Å². The third kappa shape index (κ3) is 3.08. The Balaban J connectivity index is 1.38. The van der Waals surface area contributed by atoms with Crippen LogP contribution in [0.25, 0.3) is 0 Å². The summed E-state index contributed by atoms with van der Waals surface area (Å²) in [6, 6.07) is 2.10. The van der Waals surface area contributed by atoms with Gasteiger partial charge in [0.1, 0.15) is 18.1 Å². The van der Waals surface area contributed by atoms with Crippen molar-refractivity contribution in [3.05, 3.63) is 38.7 Å². The van der Waals surface area contributed by atoms with Gasteiger partial charge in [-0.2, -0.15) is 0 Å². The summed E-state index contributed by atoms with van der Waals surface area (Å²) in [5.41, 5.74) is 1.89. The van der Waals surface area contributed by atoms with E-state index in [4.69, 9.17) is 13.9 Å². The molecule has 0 bridgehead atoms. The molecule has 5 heterocycles. The van der Waals surface area contributed by atoms with E-state index in [1.54, 1.807) is 18.4 Å². The number of nitrogens with one attached hydrogen (secondary N) is 1. The predicted octanol–water partition coefficient (Wildman–Crippen LogP) is 2.23. The molecular weight excluding hydrogens is 378 g/mol. The summed E-state index contributed by atoms with van der Waals surface area (Å²) < 4.78 is 17.1. The highest BCUT2D eigenvalue weighted by atomic mass is 32.1. The zero-order valence-electron chi connectivity index (χ0n) is 16.1. The third-order valence-electron chi connectivity index (χ3n) is 5.96. The van der Waals surface area contributed by atoms with Gasteiger partial charge < -0.3 is 24.1 Å². The summed E-state index contributed by atoms with van der Waals surface area (Å²) in [4.78, 5) is 21.7. The maximum Gasteiger partial charge on any atom is 0.264 e. The Morgan fingerprint density at radius 1 is 1.39 bits per heavy atom. The summed E-state index contributed by atoms with van der Waals surface area (Å²) in [7, 11) is 1.62. The number of thiophene rings is 1. The minimum atomic E-state index is -0.204. The van der Waals surface area contributed by atoms with Crippen molar-refractivity contribution in [1.29, 1.82) is 0 Å². The number of piperidine rings is 1. The second kappa shape index (κ2) is 7.26. The molecule has 5 rings (SSSR count). The molecule has 3 aliphatic heterocycles. The number of amides is 1. The van der Waals surface area contributed by atoms with Crippen molar-refractivity contribution in [1.82, 2.24) is 15.2 Å². The van der Waals surface area contributed by atoms with Gasteiger partial charge in [-0.25, -0.2) is 4.98 Å². The lowest BCUT2D eigenvalue weighted by Crippen LogP contribution is -2.44. The summed E-state index contributed by atoms with van der Waals surface area (Å²) >= 11 is 1.64. The standard InChI is InChI=1S/C20H25N3O4S/c1-25-12-18-22-14-11-23(8-2-15(14)27-18)19(24)17-10-13-16(28-17)3-9-26-20(13)4-6-21-7-5-20/h10,21H,2-9,11-12H2,1H3. The lowest BCUT2D eigenvalue weighted by Gasteiger charge is -2.40. The Labute approximate surface area is 168 Å². The molecule has 150 valence electrons. The molecule has 28 heavy (non-hydrogen) atoms. The molecule has 2 aromatic rings. The first-order valence-corrected chi connectivity index (χ1v) is 10.7. The first kappa shape index (κ1) is 18.3. The van der Waals surface area contributed by atoms with Crippen LogP contribution >= 0.6 is 11.3 Å². The first-order valence-electron chi connectivity index (χ1n) is 9.92. The van der Waals surface area contributed by atoms with Crippen LogP contribution in [0.15, 0.2) is 10.5 Å². The van der Waals surface area contributed by atoms with Crippen LogP contribution in [-0.4, -0.2) is 49.1 Å². The van der Waals surface area contributed by atoms with Crippen LogP contribution in [0.3, 0.4) is 0 Å². The van der Waals surface area contributed by atoms with E-state index in [9.17, 15) is 4.79 Å². The van der Waals surface area contributed by atoms with Gasteiger partial charge in [-0.15, -0.1) is 11.3 Å². The number of ether oxygens (including phenoxy) is 2. The Morgan fingerprint density at radius 2 is 2.25 bits per heavy atom. The van der Waals surface area contributed by atoms with Crippen LogP contribution in [0.1, 0.15) is 50.3 Å². The van der Waals surface area contributed by atoms with E-state index in [1.165, 1.54) is 10.4 Å². The fourth-order valence-electron chi connectivity index (χ4n) is 4.53. The number of methoxy groups -OCH3 is 1. The third-order valence-corrected chi connectivity index (χ3v) is 7.14. The highest BCUT2D eigenvalue weighted by molar-refractivity contribution is 7.14. The SMILES string of the molecule is COCc1nc2c(o1)CCN(C(=O)c1cc3c(s1)CCOC31CCNCC1)C2. The normalized spacial score (nSPS) is 20.8. The van der Waals surface area contributed by atoms with Gasteiger partial charge in [-0.05, 0) is 37.6 Å². The molecule has 7 nitrogen and oxygen atoms in total. The number of aromatic nitrogens is 1. The quantitative estimate of drug-likeness (QED) is 0.847. The molecule has 2 aromatic heterocycles. The number of oxazole rings is 1. The molecule has 0 unspecified atom stereocenters. The number of fused-ring (bicyclic) bond motifs is 3. The van der Waals surface area contributed by atoms with Gasteiger partial charge in [0, 0.05) is 31.4 Å². The minimum absolute atomic E-state index is 0.0884. The van der Waals surface area contributed by atoms with Crippen molar-refractivity contribution in [3.63, 3.8) is 0 Å². The molecule has 8 heteroatoms. The number of hydrogen-bond donors (Lipinski definition) is 1. The summed E-state index contributed by atoms with van der Waals surface area (Å²) in [5, 5.41) is 3.41. The molecule has 0 aromatic carbocycles. The predicted molar refractivity (Wildman–Crippen MR) is 103 cm³/mol. The average molecular weight is 404 g/mol. The molecule has 1 N–H and O–H groups in total. The van der Waals surface area contributed by atoms with Crippen LogP contribution in [0.4, 0.5) is 0 Å². The van der Waals surface area contributed by atoms with Crippen LogP contribution in [0, 0.1) is 0 Å². The van der Waals surface area contributed by atoms with Crippen molar-refractivity contribution >= 4 is 17.2 Å². The molecule has 1 spiro atoms. The van der Waals surface area contributed by atoms with Crippen LogP contribution < -0.4 is 5.32 Å². The van der Waals surface area contributed by atoms with E-state index in [1.807, 2.05) is 4.90 Å². The molecule has 1 amide bonds. The molecule has 1 saturated heterocycles. The Hall–Kier alpha value is -1.74. The van der Waals surface area contributed by atoms with Gasteiger partial charge in [-0.3, -0.25) is 4.79 Å². The zero-order valence-corrected chi connectivity index (χ0v) is 16.9. The molecule has 3 aliphatic rings. The van der Waals surface area contributed by atoms with E-state index in [2.05, 4.69) is 16.4 Å². The topological polar surface area (TPSA) is 76.8 Å². The van der Waals surface area contributed by atoms with Gasteiger partial charge in [-0.1, -0.05) is 0 Å². The lowest BCUT2D eigenvalue weighted by atomic mass is 9.83. The number of carbonyl (C=O) groups excluding carboxylic acids is 1. The fourth-order valence-corrected chi connectivity index (χ4v) is 5.73. The number of rotatable bonds is 3. The Bertz CT molecular complexity index is 884. The fraction of sp³-hybridized carbons (Fsp3) is 0.600. The molecule has 0 atom stereocenters. The van der Waals surface area contributed by atoms with Crippen molar-refractivity contribution < 1.29 is 18.7 Å². The Morgan fingerprint density at radius 3 is 3.07 bits per heavy atom. The van der Waals surface area contributed by atoms with Crippen molar-refractivity contribution in [2.45, 2.75) is 44.4 Å². The first-order chi connectivity index (χ1) is 13.7. The minimum Gasteiger partial charge on any atom is -0.443 e. The van der Waals surface area contributed by atoms with Gasteiger partial charge in [0.15, 0.2) is 0 Å². The molecule has 0 saturated carbocycles. The summed E-state index contributed by atoms with van der Waals surface area (Å²) in [5.74, 6) is 1.55. The van der Waals surface area contributed by atoms with Crippen molar-refractivity contribution in [2.75, 3.05) is 33.4 Å². The zero-order chi connectivity index (χ0) is 19.1. The maximum absolute atomic E-state index is 13.2. The maximum atomic E-state index is 13.2. The highest BCUT2D eigenvalue weighted by Crippen LogP contribution is 2.43. The summed E-state index contributed by atoms with van der Waals surface area (Å²) in [6.45, 7) is 4.18. The number of carbonyl (C=O) groups is 1. The van der Waals surface area contributed by atoms with Crippen molar-refractivity contribution in [3.8, 4) is 0 Å². The van der Waals surface area contributed by atoms with Gasteiger partial charge >= 0.3 is 0 Å². The monoisotopic (exact) mass is 403 g/mol. The molecular formula is C20H25N3O4S.